The molecule has 4 aliphatic heterocycles. The van der Waals surface area contributed by atoms with Crippen LogP contribution in [-0.4, -0.2) is 111 Å². The molecule has 288 valence electrons. The first-order chi connectivity index (χ1) is 25.9. The van der Waals surface area contributed by atoms with Crippen LogP contribution in [0.1, 0.15) is 71.8 Å². The zero-order valence-corrected chi connectivity index (χ0v) is 31.9. The molecule has 4 saturated heterocycles. The highest BCUT2D eigenvalue weighted by molar-refractivity contribution is 6.01. The molecule has 2 aromatic heterocycles. The van der Waals surface area contributed by atoms with Crippen molar-refractivity contribution in [1.29, 1.82) is 0 Å². The van der Waals surface area contributed by atoms with Crippen molar-refractivity contribution in [3.05, 3.63) is 47.9 Å². The molecular weight excluding hydrogens is 691 g/mol. The largest absolute Gasteiger partial charge is 0.468 e. The van der Waals surface area contributed by atoms with Gasteiger partial charge >= 0.3 is 12.1 Å². The van der Waals surface area contributed by atoms with Gasteiger partial charge in [0, 0.05) is 38.0 Å². The van der Waals surface area contributed by atoms with Crippen LogP contribution in [0.4, 0.5) is 15.0 Å². The van der Waals surface area contributed by atoms with E-state index in [1.807, 2.05) is 24.3 Å². The fourth-order valence-corrected chi connectivity index (χ4v) is 10.1. The number of aryl methyl sites for hydroxylation is 1. The number of aliphatic hydroxyl groups is 1. The summed E-state index contributed by atoms with van der Waals surface area (Å²) in [7, 11) is 1.55. The standard InChI is InChI=1S/C41H51FN6O6/c1-6-25-9-7-10-26-17-29(54-24-52-5)18-30(32(25)26)34-33(42)35-31(19-43-34)36(46-20-27-12-15-41(22-46,39(2,3)4)48(27)38(50)51)45-37(44-35)53-23-40-13-8-16-47(40)28(21-49)11-14-40/h7,9-10,17-19,27-28,49H,6,8,11-16,20-24H2,1-5H3,(H,50,51)/t27?,28-,40-,41?/m0/s1. The van der Waals surface area contributed by atoms with Crippen LogP contribution in [0.5, 0.6) is 11.8 Å². The second kappa shape index (κ2) is 13.8. The van der Waals surface area contributed by atoms with Crippen LogP contribution >= 0.6 is 0 Å². The molecule has 2 unspecified atom stereocenters. The van der Waals surface area contributed by atoms with Gasteiger partial charge < -0.3 is 29.3 Å². The number of methoxy groups -OCH3 is 1. The Morgan fingerprint density at radius 1 is 1.11 bits per heavy atom. The summed E-state index contributed by atoms with van der Waals surface area (Å²) in [6.07, 6.45) is 6.62. The Bertz CT molecular complexity index is 2090. The summed E-state index contributed by atoms with van der Waals surface area (Å²) in [4.78, 5) is 33.4. The van der Waals surface area contributed by atoms with Gasteiger partial charge in [-0.2, -0.15) is 9.97 Å². The van der Waals surface area contributed by atoms with Gasteiger partial charge in [0.1, 0.15) is 29.4 Å². The quantitative estimate of drug-likeness (QED) is 0.169. The molecule has 1 amide bonds. The summed E-state index contributed by atoms with van der Waals surface area (Å²) >= 11 is 0. The van der Waals surface area contributed by atoms with Crippen molar-refractivity contribution >= 4 is 33.6 Å². The van der Waals surface area contributed by atoms with Gasteiger partial charge in [0.2, 0.25) is 0 Å². The number of nitrogens with zero attached hydrogens (tertiary/aromatic N) is 6. The van der Waals surface area contributed by atoms with Crippen molar-refractivity contribution in [2.75, 3.05) is 51.7 Å². The van der Waals surface area contributed by atoms with E-state index in [1.165, 1.54) is 0 Å². The third-order valence-electron chi connectivity index (χ3n) is 12.9. The highest BCUT2D eigenvalue weighted by Crippen LogP contribution is 2.51. The Labute approximate surface area is 315 Å². The zero-order chi connectivity index (χ0) is 38.0. The number of pyridine rings is 1. The van der Waals surface area contributed by atoms with Gasteiger partial charge in [0.25, 0.3) is 0 Å². The molecule has 0 aliphatic carbocycles. The zero-order valence-electron chi connectivity index (χ0n) is 31.9. The van der Waals surface area contributed by atoms with Crippen LogP contribution in [0, 0.1) is 11.2 Å². The van der Waals surface area contributed by atoms with Crippen LogP contribution in [-0.2, 0) is 11.2 Å². The van der Waals surface area contributed by atoms with E-state index >= 15 is 4.39 Å². The second-order valence-corrected chi connectivity index (χ2v) is 16.6. The summed E-state index contributed by atoms with van der Waals surface area (Å²) in [5.41, 5.74) is 0.540. The summed E-state index contributed by atoms with van der Waals surface area (Å²) < 4.78 is 35.0. The summed E-state index contributed by atoms with van der Waals surface area (Å²) in [5, 5.41) is 22.7. The summed E-state index contributed by atoms with van der Waals surface area (Å²) in [6.45, 7) is 10.5. The number of aromatic nitrogens is 3. The number of halogens is 1. The number of hydrogen-bond donors (Lipinski definition) is 2. The lowest BCUT2D eigenvalue weighted by Crippen LogP contribution is -2.68. The number of carboxylic acid groups (broad SMARTS) is 1. The number of piperazine rings is 1. The van der Waals surface area contributed by atoms with Crippen molar-refractivity contribution in [1.82, 2.24) is 24.8 Å². The molecule has 4 atom stereocenters. The number of aliphatic hydroxyl groups excluding tert-OH is 1. The lowest BCUT2D eigenvalue weighted by atomic mass is 9.71. The monoisotopic (exact) mass is 742 g/mol. The first kappa shape index (κ1) is 36.6. The molecule has 4 aromatic rings. The highest BCUT2D eigenvalue weighted by atomic mass is 19.1. The van der Waals surface area contributed by atoms with Gasteiger partial charge in [-0.25, -0.2) is 9.18 Å². The van der Waals surface area contributed by atoms with Crippen LogP contribution < -0.4 is 14.4 Å². The van der Waals surface area contributed by atoms with Crippen molar-refractivity contribution in [2.24, 2.45) is 5.41 Å². The van der Waals surface area contributed by atoms with Crippen molar-refractivity contribution < 1.29 is 33.6 Å². The maximum Gasteiger partial charge on any atom is 0.408 e. The van der Waals surface area contributed by atoms with Crippen molar-refractivity contribution in [3.63, 3.8) is 0 Å². The fourth-order valence-electron chi connectivity index (χ4n) is 10.1. The van der Waals surface area contributed by atoms with E-state index in [9.17, 15) is 15.0 Å². The smallest absolute Gasteiger partial charge is 0.408 e. The molecular formula is C41H51FN6O6. The fraction of sp³-hybridized carbons (Fsp3) is 0.561. The average molecular weight is 743 g/mol. The number of rotatable bonds is 10. The first-order valence-electron chi connectivity index (χ1n) is 19.3. The molecule has 8 rings (SSSR count). The highest BCUT2D eigenvalue weighted by Gasteiger charge is 2.59. The number of ether oxygens (including phenoxy) is 3. The SMILES string of the molecule is CCc1cccc2cc(OCOC)cc(-c3ncc4c(N5CC6CCC(C(C)(C)C)(C5)N6C(=O)O)nc(OC[C@@]56CCCN5[C@H](CO)CC6)nc4c3F)c12. The molecule has 2 N–H and O–H groups in total. The predicted octanol–water partition coefficient (Wildman–Crippen LogP) is 6.64. The molecule has 6 heterocycles. The Hall–Kier alpha value is -4.33. The van der Waals surface area contributed by atoms with E-state index in [1.54, 1.807) is 24.3 Å². The second-order valence-electron chi connectivity index (χ2n) is 16.6. The normalized spacial score (nSPS) is 25.5. The number of benzene rings is 2. The predicted molar refractivity (Wildman–Crippen MR) is 204 cm³/mol. The number of hydrogen-bond acceptors (Lipinski definition) is 10. The van der Waals surface area contributed by atoms with Crippen LogP contribution in [0.2, 0.25) is 0 Å². The van der Waals surface area contributed by atoms with E-state index < -0.39 is 17.4 Å². The third-order valence-corrected chi connectivity index (χ3v) is 12.9. The third kappa shape index (κ3) is 5.81. The van der Waals surface area contributed by atoms with Crippen LogP contribution in [0.25, 0.3) is 32.9 Å². The van der Waals surface area contributed by atoms with Crippen LogP contribution in [0.3, 0.4) is 0 Å². The Morgan fingerprint density at radius 3 is 2.69 bits per heavy atom. The summed E-state index contributed by atoms with van der Waals surface area (Å²) in [6, 6.07) is 9.64. The molecule has 0 saturated carbocycles. The molecule has 4 aliphatic rings. The van der Waals surface area contributed by atoms with Crippen molar-refractivity contribution in [3.8, 4) is 23.0 Å². The number of amides is 1. The van der Waals surface area contributed by atoms with Gasteiger partial charge in [0.15, 0.2) is 12.6 Å². The minimum Gasteiger partial charge on any atom is -0.468 e. The van der Waals surface area contributed by atoms with Gasteiger partial charge in [-0.3, -0.25) is 14.8 Å². The molecule has 4 fully saturated rings. The maximum atomic E-state index is 17.5. The van der Waals surface area contributed by atoms with E-state index in [2.05, 4.69) is 37.5 Å². The van der Waals surface area contributed by atoms with E-state index in [4.69, 9.17) is 29.2 Å². The van der Waals surface area contributed by atoms with E-state index in [-0.39, 0.29) is 53.7 Å². The van der Waals surface area contributed by atoms with Crippen molar-refractivity contribution in [2.45, 2.75) is 95.8 Å². The van der Waals surface area contributed by atoms with Gasteiger partial charge in [-0.15, -0.1) is 0 Å². The number of carbonyl (C=O) groups is 1. The molecule has 0 radical (unpaired) electrons. The van der Waals surface area contributed by atoms with Gasteiger partial charge in [0.05, 0.1) is 29.1 Å². The Morgan fingerprint density at radius 2 is 1.94 bits per heavy atom. The molecule has 0 spiro atoms. The first-order valence-corrected chi connectivity index (χ1v) is 19.3. The molecule has 12 nitrogen and oxygen atoms in total. The number of fused-ring (bicyclic) bond motifs is 5. The lowest BCUT2D eigenvalue weighted by Gasteiger charge is -2.54. The average Bonchev–Trinajstić information content (AvgIpc) is 3.80. The van der Waals surface area contributed by atoms with E-state index in [0.717, 1.165) is 61.4 Å². The Kier molecular flexibility index (Phi) is 9.33. The van der Waals surface area contributed by atoms with Gasteiger partial charge in [-0.1, -0.05) is 45.9 Å². The molecule has 54 heavy (non-hydrogen) atoms. The molecule has 13 heteroatoms. The minimum atomic E-state index is -0.922. The number of anilines is 1. The van der Waals surface area contributed by atoms with Crippen LogP contribution in [0.15, 0.2) is 36.5 Å². The minimum absolute atomic E-state index is 0.0352. The Balaban J connectivity index is 1.28. The lowest BCUT2D eigenvalue weighted by molar-refractivity contribution is 0.00526. The molecule has 2 aromatic carbocycles. The molecule has 2 bridgehead atoms. The van der Waals surface area contributed by atoms with Gasteiger partial charge in [-0.05, 0) is 85.4 Å². The summed E-state index contributed by atoms with van der Waals surface area (Å²) in [5.74, 6) is 0.408. The maximum absolute atomic E-state index is 17.5. The topological polar surface area (TPSA) is 134 Å². The van der Waals surface area contributed by atoms with E-state index in [0.29, 0.717) is 48.6 Å².